The number of rotatable bonds is 8. The highest BCUT2D eigenvalue weighted by Crippen LogP contribution is 2.26. The van der Waals surface area contributed by atoms with E-state index in [1.165, 1.54) is 0 Å². The average Bonchev–Trinajstić information content (AvgIpc) is 2.73. The van der Waals surface area contributed by atoms with Gasteiger partial charge in [-0.2, -0.15) is 0 Å². The van der Waals surface area contributed by atoms with Crippen LogP contribution >= 0.6 is 0 Å². The van der Waals surface area contributed by atoms with Crippen molar-refractivity contribution in [2.75, 3.05) is 13.7 Å². The molecule has 0 spiro atoms. The smallest absolute Gasteiger partial charge is 0.224 e. The lowest BCUT2D eigenvalue weighted by Crippen LogP contribution is -2.30. The van der Waals surface area contributed by atoms with E-state index in [-0.39, 0.29) is 25.0 Å². The summed E-state index contributed by atoms with van der Waals surface area (Å²) in [6, 6.07) is 20.8. The van der Waals surface area contributed by atoms with Gasteiger partial charge >= 0.3 is 0 Å². The van der Waals surface area contributed by atoms with E-state index in [1.54, 1.807) is 19.5 Å². The van der Waals surface area contributed by atoms with Gasteiger partial charge in [0.25, 0.3) is 0 Å². The lowest BCUT2D eigenvalue weighted by molar-refractivity contribution is -0.122. The molecule has 0 aliphatic heterocycles. The molecule has 1 N–H and O–H groups in total. The van der Waals surface area contributed by atoms with E-state index >= 15 is 0 Å². The molecular weight excluding hydrogens is 340 g/mol. The Morgan fingerprint density at radius 2 is 1.56 bits per heavy atom. The summed E-state index contributed by atoms with van der Waals surface area (Å²) in [5, 5.41) is 3.09. The number of carbonyl (C=O) groups excluding carboxylic acids is 1. The third-order valence-corrected chi connectivity index (χ3v) is 4.13. The van der Waals surface area contributed by atoms with Gasteiger partial charge in [-0.1, -0.05) is 42.5 Å². The molecule has 0 aliphatic rings. The summed E-state index contributed by atoms with van der Waals surface area (Å²) in [6.07, 6.45) is 3.69. The summed E-state index contributed by atoms with van der Waals surface area (Å²) in [5.74, 6) is 1.19. The number of nitrogens with zero attached hydrogens (tertiary/aromatic N) is 1. The van der Waals surface area contributed by atoms with Crippen molar-refractivity contribution in [3.63, 3.8) is 0 Å². The zero-order valence-electron chi connectivity index (χ0n) is 15.2. The molecule has 3 aromatic rings. The minimum absolute atomic E-state index is 0.0874. The third-order valence-electron chi connectivity index (χ3n) is 4.13. The van der Waals surface area contributed by atoms with Crippen molar-refractivity contribution in [3.8, 4) is 11.5 Å². The molecule has 0 saturated heterocycles. The predicted molar refractivity (Wildman–Crippen MR) is 104 cm³/mol. The monoisotopic (exact) mass is 362 g/mol. The first-order valence-corrected chi connectivity index (χ1v) is 8.78. The van der Waals surface area contributed by atoms with E-state index in [4.69, 9.17) is 9.47 Å². The minimum atomic E-state index is -0.229. The lowest BCUT2D eigenvalue weighted by Gasteiger charge is -2.20. The Morgan fingerprint density at radius 1 is 0.926 bits per heavy atom. The van der Waals surface area contributed by atoms with Crippen LogP contribution in [0.25, 0.3) is 0 Å². The summed E-state index contributed by atoms with van der Waals surface area (Å²) in [7, 11) is 1.59. The molecule has 1 unspecified atom stereocenters. The van der Waals surface area contributed by atoms with E-state index in [9.17, 15) is 4.79 Å². The maximum absolute atomic E-state index is 12.5. The van der Waals surface area contributed by atoms with Crippen LogP contribution < -0.4 is 14.8 Å². The van der Waals surface area contributed by atoms with E-state index in [0.717, 1.165) is 11.1 Å². The molecule has 1 aromatic heterocycles. The quantitative estimate of drug-likeness (QED) is 0.663. The van der Waals surface area contributed by atoms with Gasteiger partial charge < -0.3 is 14.8 Å². The van der Waals surface area contributed by atoms with Crippen LogP contribution in [0.5, 0.6) is 11.5 Å². The topological polar surface area (TPSA) is 60.5 Å². The Balaban J connectivity index is 1.63. The van der Waals surface area contributed by atoms with Crippen molar-refractivity contribution in [2.45, 2.75) is 12.5 Å². The maximum Gasteiger partial charge on any atom is 0.224 e. The van der Waals surface area contributed by atoms with Crippen LogP contribution in [0, 0.1) is 0 Å². The third kappa shape index (κ3) is 5.07. The number of methoxy groups -OCH3 is 1. The van der Waals surface area contributed by atoms with Crippen LogP contribution in [-0.2, 0) is 4.79 Å². The standard InChI is InChI=1S/C22H22N2O3/c1-26-19-9-5-6-10-20(19)27-16-13-21(25)24-22(17-7-3-2-4-8-17)18-11-14-23-15-12-18/h2-12,14-15,22H,13,16H2,1H3,(H,24,25). The van der Waals surface area contributed by atoms with Gasteiger partial charge in [-0.3, -0.25) is 9.78 Å². The Kier molecular flexibility index (Phi) is 6.41. The molecule has 1 heterocycles. The van der Waals surface area contributed by atoms with E-state index < -0.39 is 0 Å². The van der Waals surface area contributed by atoms with Gasteiger partial charge in [-0.05, 0) is 35.4 Å². The molecule has 3 rings (SSSR count). The number of amides is 1. The van der Waals surface area contributed by atoms with Crippen LogP contribution in [0.4, 0.5) is 0 Å². The summed E-state index contributed by atoms with van der Waals surface area (Å²) < 4.78 is 10.9. The molecule has 27 heavy (non-hydrogen) atoms. The first-order chi connectivity index (χ1) is 13.3. The van der Waals surface area contributed by atoms with Crippen molar-refractivity contribution in [1.82, 2.24) is 10.3 Å². The molecular formula is C22H22N2O3. The van der Waals surface area contributed by atoms with Crippen LogP contribution in [0.2, 0.25) is 0 Å². The van der Waals surface area contributed by atoms with Crippen molar-refractivity contribution in [1.29, 1.82) is 0 Å². The number of aromatic nitrogens is 1. The number of benzene rings is 2. The predicted octanol–water partition coefficient (Wildman–Crippen LogP) is 3.76. The molecule has 0 bridgehead atoms. The lowest BCUT2D eigenvalue weighted by atomic mass is 9.99. The van der Waals surface area contributed by atoms with Crippen LogP contribution in [-0.4, -0.2) is 24.6 Å². The number of hydrogen-bond acceptors (Lipinski definition) is 4. The number of hydrogen-bond donors (Lipinski definition) is 1. The number of para-hydroxylation sites is 2. The molecule has 0 fully saturated rings. The van der Waals surface area contributed by atoms with Crippen molar-refractivity contribution >= 4 is 5.91 Å². The van der Waals surface area contributed by atoms with Crippen molar-refractivity contribution < 1.29 is 14.3 Å². The van der Waals surface area contributed by atoms with Crippen LogP contribution in [0.1, 0.15) is 23.6 Å². The second kappa shape index (κ2) is 9.38. The minimum Gasteiger partial charge on any atom is -0.493 e. The largest absolute Gasteiger partial charge is 0.493 e. The Bertz CT molecular complexity index is 814. The number of nitrogens with one attached hydrogen (secondary N) is 1. The molecule has 0 radical (unpaired) electrons. The fourth-order valence-corrected chi connectivity index (χ4v) is 2.79. The SMILES string of the molecule is COc1ccccc1OCCC(=O)NC(c1ccccc1)c1ccncc1. The number of carbonyl (C=O) groups is 1. The molecule has 5 heteroatoms. The Hall–Kier alpha value is -3.34. The normalized spacial score (nSPS) is 11.4. The molecule has 138 valence electrons. The van der Waals surface area contributed by atoms with Gasteiger partial charge in [0.1, 0.15) is 0 Å². The van der Waals surface area contributed by atoms with Gasteiger partial charge in [0.2, 0.25) is 5.91 Å². The summed E-state index contributed by atoms with van der Waals surface area (Å²) >= 11 is 0. The second-order valence-electron chi connectivity index (χ2n) is 5.94. The molecule has 2 aromatic carbocycles. The van der Waals surface area contributed by atoms with Crippen molar-refractivity contribution in [2.24, 2.45) is 0 Å². The molecule has 1 atom stereocenters. The Morgan fingerprint density at radius 3 is 2.26 bits per heavy atom. The van der Waals surface area contributed by atoms with Crippen LogP contribution in [0.15, 0.2) is 79.1 Å². The van der Waals surface area contributed by atoms with Crippen molar-refractivity contribution in [3.05, 3.63) is 90.3 Å². The number of ether oxygens (including phenoxy) is 2. The van der Waals surface area contributed by atoms with E-state index in [1.807, 2.05) is 66.7 Å². The summed E-state index contributed by atoms with van der Waals surface area (Å²) in [4.78, 5) is 16.6. The molecule has 5 nitrogen and oxygen atoms in total. The Labute approximate surface area is 159 Å². The maximum atomic E-state index is 12.5. The van der Waals surface area contributed by atoms with Gasteiger partial charge in [-0.25, -0.2) is 0 Å². The highest BCUT2D eigenvalue weighted by molar-refractivity contribution is 5.77. The number of pyridine rings is 1. The first-order valence-electron chi connectivity index (χ1n) is 8.78. The highest BCUT2D eigenvalue weighted by Gasteiger charge is 2.16. The van der Waals surface area contributed by atoms with Gasteiger partial charge in [0, 0.05) is 12.4 Å². The molecule has 0 saturated carbocycles. The van der Waals surface area contributed by atoms with E-state index in [2.05, 4.69) is 10.3 Å². The average molecular weight is 362 g/mol. The zero-order chi connectivity index (χ0) is 18.9. The second-order valence-corrected chi connectivity index (χ2v) is 5.94. The fraction of sp³-hybridized carbons (Fsp3) is 0.182. The van der Waals surface area contributed by atoms with Gasteiger partial charge in [0.05, 0.1) is 26.2 Å². The summed E-state index contributed by atoms with van der Waals surface area (Å²) in [5.41, 5.74) is 2.00. The van der Waals surface area contributed by atoms with Gasteiger partial charge in [-0.15, -0.1) is 0 Å². The molecule has 1 amide bonds. The highest BCUT2D eigenvalue weighted by atomic mass is 16.5. The molecule has 0 aliphatic carbocycles. The fourth-order valence-electron chi connectivity index (χ4n) is 2.79. The van der Waals surface area contributed by atoms with Gasteiger partial charge in [0.15, 0.2) is 11.5 Å². The summed E-state index contributed by atoms with van der Waals surface area (Å²) in [6.45, 7) is 0.268. The zero-order valence-corrected chi connectivity index (χ0v) is 15.2. The van der Waals surface area contributed by atoms with E-state index in [0.29, 0.717) is 11.5 Å². The van der Waals surface area contributed by atoms with Crippen LogP contribution in [0.3, 0.4) is 0 Å². The first kappa shape index (κ1) is 18.5.